The Balaban J connectivity index is 1.51. The van der Waals surface area contributed by atoms with Gasteiger partial charge in [0.25, 0.3) is 6.47 Å². The Hall–Kier alpha value is -3.45. The SMILES string of the molecule is O=COC(CS(=O)(=O)c1ccccc1)C(=O)OCC1c2ccccc2-c2ccccc21. The molecule has 0 spiro atoms. The molecule has 1 aliphatic carbocycles. The van der Waals surface area contributed by atoms with Crippen molar-refractivity contribution in [3.63, 3.8) is 0 Å². The molecule has 0 aromatic heterocycles. The summed E-state index contributed by atoms with van der Waals surface area (Å²) in [6.45, 7) is 0.0730. The van der Waals surface area contributed by atoms with Crippen LogP contribution in [0.3, 0.4) is 0 Å². The summed E-state index contributed by atoms with van der Waals surface area (Å²) < 4.78 is 35.4. The van der Waals surface area contributed by atoms with Gasteiger partial charge in [0.1, 0.15) is 12.4 Å². The molecular formula is C24H20O6S. The summed E-state index contributed by atoms with van der Waals surface area (Å²) >= 11 is 0. The van der Waals surface area contributed by atoms with Gasteiger partial charge in [-0.2, -0.15) is 0 Å². The highest BCUT2D eigenvalue weighted by Crippen LogP contribution is 2.44. The summed E-state index contributed by atoms with van der Waals surface area (Å²) in [6, 6.07) is 23.4. The predicted molar refractivity (Wildman–Crippen MR) is 114 cm³/mol. The van der Waals surface area contributed by atoms with Crippen LogP contribution in [0.25, 0.3) is 11.1 Å². The number of benzene rings is 3. The van der Waals surface area contributed by atoms with Crippen molar-refractivity contribution in [1.82, 2.24) is 0 Å². The zero-order valence-corrected chi connectivity index (χ0v) is 17.3. The van der Waals surface area contributed by atoms with Crippen LogP contribution in [-0.2, 0) is 28.9 Å². The van der Waals surface area contributed by atoms with Crippen LogP contribution in [0, 0.1) is 0 Å². The molecule has 0 heterocycles. The standard InChI is InChI=1S/C24H20O6S/c25-16-30-23(15-31(27,28)17-8-2-1-3-9-17)24(26)29-14-22-20-12-6-4-10-18(20)19-11-5-7-13-21(19)22/h1-13,16,22-23H,14-15H2. The first-order valence-corrected chi connectivity index (χ1v) is 11.4. The quantitative estimate of drug-likeness (QED) is 0.398. The van der Waals surface area contributed by atoms with Gasteiger partial charge in [0.15, 0.2) is 9.84 Å². The highest BCUT2D eigenvalue weighted by atomic mass is 32.2. The Labute approximate surface area is 180 Å². The van der Waals surface area contributed by atoms with E-state index in [0.717, 1.165) is 22.3 Å². The minimum Gasteiger partial charge on any atom is -0.462 e. The van der Waals surface area contributed by atoms with Crippen molar-refractivity contribution in [3.8, 4) is 11.1 Å². The van der Waals surface area contributed by atoms with E-state index in [1.165, 1.54) is 12.1 Å². The van der Waals surface area contributed by atoms with Gasteiger partial charge in [0, 0.05) is 5.92 Å². The molecule has 7 heteroatoms. The van der Waals surface area contributed by atoms with Gasteiger partial charge in [0.2, 0.25) is 6.10 Å². The monoisotopic (exact) mass is 436 g/mol. The number of carbonyl (C=O) groups excluding carboxylic acids is 2. The lowest BCUT2D eigenvalue weighted by Gasteiger charge is -2.18. The third-order valence-electron chi connectivity index (χ3n) is 5.31. The fraction of sp³-hybridized carbons (Fsp3) is 0.167. The maximum absolute atomic E-state index is 12.7. The predicted octanol–water partition coefficient (Wildman–Crippen LogP) is 3.36. The number of sulfone groups is 1. The molecule has 158 valence electrons. The smallest absolute Gasteiger partial charge is 0.348 e. The fourth-order valence-electron chi connectivity index (χ4n) is 3.85. The molecule has 0 radical (unpaired) electrons. The normalized spacial score (nSPS) is 13.7. The number of fused-ring (bicyclic) bond motifs is 3. The van der Waals surface area contributed by atoms with Crippen LogP contribution in [0.4, 0.5) is 0 Å². The highest BCUT2D eigenvalue weighted by Gasteiger charge is 2.33. The lowest BCUT2D eigenvalue weighted by molar-refractivity contribution is -0.160. The number of rotatable bonds is 8. The molecule has 3 aromatic rings. The fourth-order valence-corrected chi connectivity index (χ4v) is 5.23. The average Bonchev–Trinajstić information content (AvgIpc) is 3.11. The van der Waals surface area contributed by atoms with E-state index in [9.17, 15) is 18.0 Å². The van der Waals surface area contributed by atoms with Crippen molar-refractivity contribution in [2.24, 2.45) is 0 Å². The summed E-state index contributed by atoms with van der Waals surface area (Å²) in [5.74, 6) is -1.76. The summed E-state index contributed by atoms with van der Waals surface area (Å²) in [4.78, 5) is 23.6. The number of hydrogen-bond acceptors (Lipinski definition) is 6. The van der Waals surface area contributed by atoms with Crippen LogP contribution in [-0.4, -0.2) is 39.3 Å². The van der Waals surface area contributed by atoms with Crippen LogP contribution in [0.2, 0.25) is 0 Å². The Morgan fingerprint density at radius 2 is 1.42 bits per heavy atom. The van der Waals surface area contributed by atoms with Crippen molar-refractivity contribution in [3.05, 3.63) is 90.0 Å². The first kappa shape index (κ1) is 20.8. The van der Waals surface area contributed by atoms with Crippen molar-refractivity contribution < 1.29 is 27.5 Å². The molecule has 0 amide bonds. The van der Waals surface area contributed by atoms with E-state index >= 15 is 0 Å². The lowest BCUT2D eigenvalue weighted by Crippen LogP contribution is -2.34. The molecule has 0 saturated carbocycles. The van der Waals surface area contributed by atoms with E-state index in [1.807, 2.05) is 48.5 Å². The van der Waals surface area contributed by atoms with Gasteiger partial charge in [-0.25, -0.2) is 13.2 Å². The lowest BCUT2D eigenvalue weighted by atomic mass is 9.98. The maximum atomic E-state index is 12.7. The summed E-state index contributed by atoms with van der Waals surface area (Å²) in [5.41, 5.74) is 4.21. The number of esters is 1. The molecule has 1 atom stereocenters. The second kappa shape index (κ2) is 8.73. The molecule has 6 nitrogen and oxygen atoms in total. The Morgan fingerprint density at radius 1 is 0.871 bits per heavy atom. The summed E-state index contributed by atoms with van der Waals surface area (Å²) in [5, 5.41) is 0. The van der Waals surface area contributed by atoms with Gasteiger partial charge < -0.3 is 9.47 Å². The number of hydrogen-bond donors (Lipinski definition) is 0. The molecule has 0 N–H and O–H groups in total. The van der Waals surface area contributed by atoms with Crippen molar-refractivity contribution >= 4 is 22.3 Å². The van der Waals surface area contributed by atoms with Crippen LogP contribution in [0.1, 0.15) is 17.0 Å². The molecular weight excluding hydrogens is 416 g/mol. The van der Waals surface area contributed by atoms with Crippen LogP contribution >= 0.6 is 0 Å². The molecule has 0 saturated heterocycles. The molecule has 1 aliphatic rings. The van der Waals surface area contributed by atoms with E-state index in [4.69, 9.17) is 9.47 Å². The topological polar surface area (TPSA) is 86.7 Å². The minimum atomic E-state index is -3.85. The molecule has 1 unspecified atom stereocenters. The molecule has 0 aliphatic heterocycles. The van der Waals surface area contributed by atoms with Crippen LogP contribution in [0.5, 0.6) is 0 Å². The molecule has 31 heavy (non-hydrogen) atoms. The Morgan fingerprint density at radius 3 is 2.00 bits per heavy atom. The Bertz CT molecular complexity index is 1160. The minimum absolute atomic E-state index is 0.0109. The second-order valence-corrected chi connectivity index (χ2v) is 9.21. The van der Waals surface area contributed by atoms with Crippen molar-refractivity contribution in [2.45, 2.75) is 16.9 Å². The van der Waals surface area contributed by atoms with Crippen molar-refractivity contribution in [1.29, 1.82) is 0 Å². The average molecular weight is 436 g/mol. The molecule has 0 fully saturated rings. The number of carbonyl (C=O) groups is 2. The number of ether oxygens (including phenoxy) is 2. The van der Waals surface area contributed by atoms with E-state index in [1.54, 1.807) is 18.2 Å². The molecule has 3 aromatic carbocycles. The maximum Gasteiger partial charge on any atom is 0.348 e. The van der Waals surface area contributed by atoms with Gasteiger partial charge >= 0.3 is 5.97 Å². The first-order chi connectivity index (χ1) is 15.0. The van der Waals surface area contributed by atoms with Gasteiger partial charge in [0.05, 0.1) is 4.90 Å². The van der Waals surface area contributed by atoms with Gasteiger partial charge in [-0.05, 0) is 34.4 Å². The Kier molecular flexibility index (Phi) is 5.86. The third kappa shape index (κ3) is 4.22. The first-order valence-electron chi connectivity index (χ1n) is 9.73. The molecule has 4 rings (SSSR count). The zero-order chi connectivity index (χ0) is 21.8. The van der Waals surface area contributed by atoms with E-state index in [0.29, 0.717) is 0 Å². The van der Waals surface area contributed by atoms with Crippen molar-refractivity contribution in [2.75, 3.05) is 12.4 Å². The van der Waals surface area contributed by atoms with Crippen LogP contribution < -0.4 is 0 Å². The van der Waals surface area contributed by atoms with Gasteiger partial charge in [-0.1, -0.05) is 66.7 Å². The van der Waals surface area contributed by atoms with E-state index < -0.39 is 27.7 Å². The van der Waals surface area contributed by atoms with E-state index in [-0.39, 0.29) is 23.9 Å². The third-order valence-corrected chi connectivity index (χ3v) is 7.04. The zero-order valence-electron chi connectivity index (χ0n) is 16.5. The summed E-state index contributed by atoms with van der Waals surface area (Å²) in [6.07, 6.45) is -1.55. The largest absolute Gasteiger partial charge is 0.462 e. The van der Waals surface area contributed by atoms with E-state index in [2.05, 4.69) is 0 Å². The van der Waals surface area contributed by atoms with Gasteiger partial charge in [-0.3, -0.25) is 4.79 Å². The second-order valence-electron chi connectivity index (χ2n) is 7.17. The van der Waals surface area contributed by atoms with Crippen LogP contribution in [0.15, 0.2) is 83.8 Å². The highest BCUT2D eigenvalue weighted by molar-refractivity contribution is 7.91. The molecule has 0 bridgehead atoms. The summed E-state index contributed by atoms with van der Waals surface area (Å²) in [7, 11) is -3.85. The van der Waals surface area contributed by atoms with Gasteiger partial charge in [-0.15, -0.1) is 0 Å².